The lowest BCUT2D eigenvalue weighted by molar-refractivity contribution is -0.250. The predicted octanol–water partition coefficient (Wildman–Crippen LogP) is 3.37. The molecule has 9 heteroatoms. The van der Waals surface area contributed by atoms with Crippen LogP contribution in [0.4, 0.5) is 13.2 Å². The largest absolute Gasteiger partial charge is 0.426 e. The van der Waals surface area contributed by atoms with E-state index in [1.807, 2.05) is 37.3 Å². The first-order valence-corrected chi connectivity index (χ1v) is 10.2. The normalized spacial score (nSPS) is 22.3. The third-order valence-corrected chi connectivity index (χ3v) is 6.03. The van der Waals surface area contributed by atoms with Crippen LogP contribution in [0.1, 0.15) is 51.3 Å². The van der Waals surface area contributed by atoms with Gasteiger partial charge < -0.3 is 15.1 Å². The van der Waals surface area contributed by atoms with E-state index in [9.17, 15) is 28.2 Å². The van der Waals surface area contributed by atoms with E-state index in [2.05, 4.69) is 5.10 Å². The van der Waals surface area contributed by atoms with Crippen molar-refractivity contribution in [3.63, 3.8) is 0 Å². The van der Waals surface area contributed by atoms with Gasteiger partial charge in [-0.3, -0.25) is 4.79 Å². The van der Waals surface area contributed by atoms with Crippen LogP contribution in [0.25, 0.3) is 5.69 Å². The van der Waals surface area contributed by atoms with Crippen molar-refractivity contribution >= 4 is 5.91 Å². The van der Waals surface area contributed by atoms with Gasteiger partial charge >= 0.3 is 6.18 Å². The van der Waals surface area contributed by atoms with Crippen LogP contribution in [-0.2, 0) is 10.4 Å². The summed E-state index contributed by atoms with van der Waals surface area (Å²) in [6, 6.07) is 9.23. The summed E-state index contributed by atoms with van der Waals surface area (Å²) in [5, 5.41) is 24.3. The fraction of sp³-hybridized carbons (Fsp3) is 0.545. The lowest BCUT2D eigenvalue weighted by atomic mass is 9.83. The van der Waals surface area contributed by atoms with Gasteiger partial charge in [-0.05, 0) is 56.9 Å². The van der Waals surface area contributed by atoms with E-state index < -0.39 is 23.3 Å². The van der Waals surface area contributed by atoms with E-state index >= 15 is 0 Å². The topological polar surface area (TPSA) is 78.6 Å². The monoisotopic (exact) mass is 439 g/mol. The maximum atomic E-state index is 13.1. The molecule has 0 spiro atoms. The van der Waals surface area contributed by atoms with Crippen molar-refractivity contribution in [1.82, 2.24) is 14.7 Å². The highest BCUT2D eigenvalue weighted by Crippen LogP contribution is 2.37. The summed E-state index contributed by atoms with van der Waals surface area (Å²) in [4.78, 5) is 13.4. The molecule has 0 bridgehead atoms. The minimum atomic E-state index is -5.03. The second-order valence-corrected chi connectivity index (χ2v) is 8.97. The Morgan fingerprint density at radius 2 is 1.71 bits per heavy atom. The van der Waals surface area contributed by atoms with Crippen LogP contribution >= 0.6 is 0 Å². The van der Waals surface area contributed by atoms with Gasteiger partial charge in [-0.1, -0.05) is 19.1 Å². The summed E-state index contributed by atoms with van der Waals surface area (Å²) in [5.41, 5.74) is -1.89. The third kappa shape index (κ3) is 4.48. The minimum absolute atomic E-state index is 0.0173. The molecule has 0 radical (unpaired) electrons. The van der Waals surface area contributed by atoms with E-state index in [0.29, 0.717) is 13.3 Å². The lowest BCUT2D eigenvalue weighted by Crippen LogP contribution is -2.58. The van der Waals surface area contributed by atoms with Gasteiger partial charge in [0.25, 0.3) is 5.91 Å². The van der Waals surface area contributed by atoms with Gasteiger partial charge in [0.15, 0.2) is 0 Å². The second-order valence-electron chi connectivity index (χ2n) is 8.97. The number of carbonyl (C=O) groups is 1. The maximum Gasteiger partial charge on any atom is 0.426 e. The molecule has 3 rings (SSSR count). The number of rotatable bonds is 4. The number of aliphatic hydroxyl groups is 2. The summed E-state index contributed by atoms with van der Waals surface area (Å²) in [7, 11) is 0. The highest BCUT2D eigenvalue weighted by atomic mass is 19.4. The van der Waals surface area contributed by atoms with E-state index in [1.165, 1.54) is 0 Å². The van der Waals surface area contributed by atoms with Crippen molar-refractivity contribution in [1.29, 1.82) is 0 Å². The summed E-state index contributed by atoms with van der Waals surface area (Å²) in [5.74, 6) is -1.47. The van der Waals surface area contributed by atoms with Crippen LogP contribution in [0.2, 0.25) is 0 Å². The highest BCUT2D eigenvalue weighted by molar-refractivity contribution is 5.85. The highest BCUT2D eigenvalue weighted by Gasteiger charge is 2.57. The number of piperidine rings is 1. The Balaban J connectivity index is 1.79. The Hall–Kier alpha value is -2.39. The number of hydrogen-bond acceptors (Lipinski definition) is 4. The number of hydrogen-bond donors (Lipinski definition) is 2. The molecule has 6 nitrogen and oxygen atoms in total. The van der Waals surface area contributed by atoms with E-state index in [1.54, 1.807) is 24.7 Å². The van der Waals surface area contributed by atoms with Gasteiger partial charge in [-0.2, -0.15) is 18.3 Å². The predicted molar refractivity (Wildman–Crippen MR) is 109 cm³/mol. The van der Waals surface area contributed by atoms with Gasteiger partial charge in [0, 0.05) is 30.9 Å². The second kappa shape index (κ2) is 7.94. The number of likely N-dealkylation sites (tertiary alicyclic amines) is 1. The first-order valence-electron chi connectivity index (χ1n) is 10.2. The quantitative estimate of drug-likeness (QED) is 0.766. The summed E-state index contributed by atoms with van der Waals surface area (Å²) < 4.78 is 40.9. The van der Waals surface area contributed by atoms with Crippen molar-refractivity contribution < 1.29 is 28.2 Å². The van der Waals surface area contributed by atoms with Crippen molar-refractivity contribution in [3.05, 3.63) is 47.8 Å². The molecular formula is C22H28F3N3O3. The average Bonchev–Trinajstić information content (AvgIpc) is 3.15. The first-order chi connectivity index (χ1) is 14.2. The Kier molecular flexibility index (Phi) is 5.96. The molecule has 170 valence electrons. The molecule has 2 aromatic rings. The zero-order valence-corrected chi connectivity index (χ0v) is 18.0. The van der Waals surface area contributed by atoms with Crippen LogP contribution in [0.3, 0.4) is 0 Å². The fourth-order valence-electron chi connectivity index (χ4n) is 4.02. The van der Waals surface area contributed by atoms with Gasteiger partial charge in [-0.15, -0.1) is 0 Å². The standard InChI is InChI=1S/C22H28F3N3O3/c1-14-13-27(19(29)21(4,31)22(23,24)25)12-10-17(14)18-9-11-26-28(18)16-7-5-15(6-8-16)20(2,3)30/h5-9,11,14,17,30-31H,10,12-13H2,1-4H3/t14-,17+,21-/m1/s1. The number of halogens is 3. The molecule has 1 aromatic carbocycles. The minimum Gasteiger partial charge on any atom is -0.386 e. The number of benzene rings is 1. The molecule has 1 aliphatic heterocycles. The molecule has 0 unspecified atom stereocenters. The molecule has 1 fully saturated rings. The zero-order chi connectivity index (χ0) is 23.2. The van der Waals surface area contributed by atoms with Crippen LogP contribution < -0.4 is 0 Å². The number of alkyl halides is 3. The average molecular weight is 439 g/mol. The molecule has 0 saturated carbocycles. The van der Waals surface area contributed by atoms with E-state index in [-0.39, 0.29) is 24.9 Å². The Morgan fingerprint density at radius 1 is 1.10 bits per heavy atom. The van der Waals surface area contributed by atoms with Crippen LogP contribution in [0.15, 0.2) is 36.5 Å². The molecule has 0 aliphatic carbocycles. The number of aromatic nitrogens is 2. The maximum absolute atomic E-state index is 13.1. The Morgan fingerprint density at radius 3 is 2.23 bits per heavy atom. The van der Waals surface area contributed by atoms with Crippen molar-refractivity contribution in [2.24, 2.45) is 5.92 Å². The first kappa shape index (κ1) is 23.3. The molecule has 31 heavy (non-hydrogen) atoms. The van der Waals surface area contributed by atoms with E-state index in [0.717, 1.165) is 21.8 Å². The molecule has 1 aromatic heterocycles. The summed E-state index contributed by atoms with van der Waals surface area (Å²) >= 11 is 0. The van der Waals surface area contributed by atoms with Crippen molar-refractivity contribution in [2.75, 3.05) is 13.1 Å². The lowest BCUT2D eigenvalue weighted by Gasteiger charge is -2.40. The van der Waals surface area contributed by atoms with Gasteiger partial charge in [-0.25, -0.2) is 4.68 Å². The molecule has 1 amide bonds. The number of amides is 1. The summed E-state index contributed by atoms with van der Waals surface area (Å²) in [6.07, 6.45) is -2.91. The molecule has 2 heterocycles. The Bertz CT molecular complexity index is 930. The van der Waals surface area contributed by atoms with Gasteiger partial charge in [0.2, 0.25) is 5.60 Å². The van der Waals surface area contributed by atoms with Gasteiger partial charge in [0.1, 0.15) is 0 Å². The molecule has 1 saturated heterocycles. The van der Waals surface area contributed by atoms with Crippen LogP contribution in [-0.4, -0.2) is 55.7 Å². The number of nitrogens with zero attached hydrogens (tertiary/aromatic N) is 3. The van der Waals surface area contributed by atoms with Crippen LogP contribution in [0, 0.1) is 5.92 Å². The SMILES string of the molecule is C[C@@H]1CN(C(=O)[C@@](C)(O)C(F)(F)F)CC[C@@H]1c1ccnn1-c1ccc(C(C)(C)O)cc1. The smallest absolute Gasteiger partial charge is 0.386 e. The van der Waals surface area contributed by atoms with Gasteiger partial charge in [0.05, 0.1) is 11.3 Å². The molecular weight excluding hydrogens is 411 g/mol. The zero-order valence-electron chi connectivity index (χ0n) is 18.0. The fourth-order valence-corrected chi connectivity index (χ4v) is 4.02. The van der Waals surface area contributed by atoms with Crippen LogP contribution in [0.5, 0.6) is 0 Å². The Labute approximate surface area is 179 Å². The number of carbonyl (C=O) groups excluding carboxylic acids is 1. The van der Waals surface area contributed by atoms with Crippen molar-refractivity contribution in [3.8, 4) is 5.69 Å². The molecule has 3 atom stereocenters. The molecule has 2 N–H and O–H groups in total. The summed E-state index contributed by atoms with van der Waals surface area (Å²) in [6.45, 7) is 6.00. The third-order valence-electron chi connectivity index (χ3n) is 6.03. The van der Waals surface area contributed by atoms with Crippen molar-refractivity contribution in [2.45, 2.75) is 57.4 Å². The van der Waals surface area contributed by atoms with E-state index in [4.69, 9.17) is 0 Å². The molecule has 1 aliphatic rings.